The quantitative estimate of drug-likeness (QED) is 0.199. The number of allylic oxidation sites excluding steroid dienone is 1. The summed E-state index contributed by atoms with van der Waals surface area (Å²) in [6.45, 7) is 6.51. The predicted octanol–water partition coefficient (Wildman–Crippen LogP) is 6.00. The molecule has 0 aliphatic heterocycles. The van der Waals surface area contributed by atoms with E-state index in [2.05, 4.69) is 0 Å². The van der Waals surface area contributed by atoms with E-state index in [-0.39, 0.29) is 9.79 Å². The molecule has 0 saturated heterocycles. The molecule has 0 aliphatic carbocycles. The van der Waals surface area contributed by atoms with Crippen LogP contribution in [0.15, 0.2) is 99.8 Å². The first-order chi connectivity index (χ1) is 19.6. The summed E-state index contributed by atoms with van der Waals surface area (Å²) in [5, 5.41) is 14.6. The number of aryl methyl sites for hydroxylation is 1. The maximum absolute atomic E-state index is 13.5. The zero-order chi connectivity index (χ0) is 29.6. The lowest BCUT2D eigenvalue weighted by molar-refractivity contribution is 0.410. The van der Waals surface area contributed by atoms with Crippen molar-refractivity contribution in [3.05, 3.63) is 101 Å². The van der Waals surface area contributed by atoms with Crippen molar-refractivity contribution in [1.82, 2.24) is 14.1 Å². The van der Waals surface area contributed by atoms with E-state index in [9.17, 15) is 22.1 Å². The van der Waals surface area contributed by atoms with Crippen molar-refractivity contribution in [3.8, 4) is 23.0 Å². The SMILES string of the molecule is CCCN(CCC)S(=O)(=O)c1cccc(-c2nn(-c3ccccc3)cc2C=C(C#N)S(=O)(=O)c2ccc(C)cc2)c1. The molecule has 0 radical (unpaired) electrons. The first kappa shape index (κ1) is 29.9. The standard InChI is InChI=1S/C31H32N4O4S2/c1-4-18-34(19-5-2)41(38,39)29-13-9-10-25(20-29)31-26(23-35(33-31)27-11-7-6-8-12-27)21-30(22-32)40(36,37)28-16-14-24(3)15-17-28/h6-17,20-21,23H,4-5,18-19H2,1-3H3. The van der Waals surface area contributed by atoms with Crippen molar-refractivity contribution < 1.29 is 16.8 Å². The van der Waals surface area contributed by atoms with Gasteiger partial charge in [0.15, 0.2) is 0 Å². The van der Waals surface area contributed by atoms with E-state index in [1.54, 1.807) is 47.3 Å². The minimum absolute atomic E-state index is 0.00734. The van der Waals surface area contributed by atoms with Crippen LogP contribution in [0.1, 0.15) is 37.8 Å². The molecule has 41 heavy (non-hydrogen) atoms. The lowest BCUT2D eigenvalue weighted by atomic mass is 10.1. The van der Waals surface area contributed by atoms with E-state index in [0.717, 1.165) is 5.56 Å². The van der Waals surface area contributed by atoms with E-state index in [4.69, 9.17) is 5.10 Å². The van der Waals surface area contributed by atoms with Gasteiger partial charge in [-0.25, -0.2) is 21.5 Å². The van der Waals surface area contributed by atoms with E-state index in [0.29, 0.717) is 48.4 Å². The molecule has 0 N–H and O–H groups in total. The van der Waals surface area contributed by atoms with Gasteiger partial charge in [-0.15, -0.1) is 0 Å². The summed E-state index contributed by atoms with van der Waals surface area (Å²) in [5.41, 5.74) is 2.79. The van der Waals surface area contributed by atoms with E-state index in [1.807, 2.05) is 57.2 Å². The maximum Gasteiger partial charge on any atom is 0.243 e. The third-order valence-corrected chi connectivity index (χ3v) is 10.0. The van der Waals surface area contributed by atoms with Gasteiger partial charge in [0, 0.05) is 30.4 Å². The highest BCUT2D eigenvalue weighted by Gasteiger charge is 2.25. The third kappa shape index (κ3) is 6.49. The second-order valence-corrected chi connectivity index (χ2v) is 13.4. The predicted molar refractivity (Wildman–Crippen MR) is 160 cm³/mol. The zero-order valence-electron chi connectivity index (χ0n) is 23.2. The average Bonchev–Trinajstić information content (AvgIpc) is 3.40. The Hall–Kier alpha value is -4.04. The molecule has 0 spiro atoms. The molecule has 1 aromatic heterocycles. The fourth-order valence-corrected chi connectivity index (χ4v) is 7.21. The molecule has 0 aliphatic rings. The van der Waals surface area contributed by atoms with Gasteiger partial charge in [0.05, 0.1) is 15.5 Å². The monoisotopic (exact) mass is 588 g/mol. The van der Waals surface area contributed by atoms with Crippen LogP contribution in [0.3, 0.4) is 0 Å². The minimum Gasteiger partial charge on any atom is -0.240 e. The fourth-order valence-electron chi connectivity index (χ4n) is 4.39. The molecule has 1 heterocycles. The van der Waals surface area contributed by atoms with Crippen molar-refractivity contribution in [3.63, 3.8) is 0 Å². The van der Waals surface area contributed by atoms with Crippen LogP contribution in [0.2, 0.25) is 0 Å². The van der Waals surface area contributed by atoms with Crippen molar-refractivity contribution >= 4 is 25.9 Å². The molecule has 0 fully saturated rings. The van der Waals surface area contributed by atoms with E-state index < -0.39 is 24.8 Å². The van der Waals surface area contributed by atoms with Gasteiger partial charge in [-0.1, -0.05) is 61.9 Å². The molecule has 0 unspecified atom stereocenters. The van der Waals surface area contributed by atoms with Gasteiger partial charge in [-0.05, 0) is 62.2 Å². The number of hydrogen-bond acceptors (Lipinski definition) is 6. The van der Waals surface area contributed by atoms with Gasteiger partial charge in [0.1, 0.15) is 16.7 Å². The summed E-state index contributed by atoms with van der Waals surface area (Å²) in [5.74, 6) is 0. The Morgan fingerprint density at radius 1 is 0.902 bits per heavy atom. The highest BCUT2D eigenvalue weighted by Crippen LogP contribution is 2.30. The van der Waals surface area contributed by atoms with Crippen LogP contribution in [0.5, 0.6) is 0 Å². The Labute approximate surface area is 242 Å². The van der Waals surface area contributed by atoms with Crippen LogP contribution in [0.25, 0.3) is 23.0 Å². The molecular weight excluding hydrogens is 556 g/mol. The molecule has 8 nitrogen and oxygen atoms in total. The largest absolute Gasteiger partial charge is 0.243 e. The maximum atomic E-state index is 13.5. The van der Waals surface area contributed by atoms with Crippen LogP contribution in [-0.4, -0.2) is 44.0 Å². The molecule has 4 aromatic rings. The average molecular weight is 589 g/mol. The molecule has 10 heteroatoms. The van der Waals surface area contributed by atoms with E-state index >= 15 is 0 Å². The fraction of sp³-hybridized carbons (Fsp3) is 0.226. The number of sulfone groups is 1. The molecule has 4 rings (SSSR count). The summed E-state index contributed by atoms with van der Waals surface area (Å²) < 4.78 is 56.8. The van der Waals surface area contributed by atoms with Gasteiger partial charge in [0.2, 0.25) is 19.9 Å². The summed E-state index contributed by atoms with van der Waals surface area (Å²) in [4.78, 5) is -0.321. The second-order valence-electron chi connectivity index (χ2n) is 9.58. The van der Waals surface area contributed by atoms with E-state index in [1.165, 1.54) is 22.5 Å². The summed E-state index contributed by atoms with van der Waals surface area (Å²) in [7, 11) is -7.88. The second kappa shape index (κ2) is 12.6. The molecule has 212 valence electrons. The molecule has 0 atom stereocenters. The Balaban J connectivity index is 1.89. The van der Waals surface area contributed by atoms with Crippen molar-refractivity contribution in [2.75, 3.05) is 13.1 Å². The summed E-state index contributed by atoms with van der Waals surface area (Å²) >= 11 is 0. The van der Waals surface area contributed by atoms with Gasteiger partial charge in [-0.2, -0.15) is 14.7 Å². The number of sulfonamides is 1. The van der Waals surface area contributed by atoms with Crippen molar-refractivity contribution in [2.24, 2.45) is 0 Å². The third-order valence-electron chi connectivity index (χ3n) is 6.47. The van der Waals surface area contributed by atoms with Gasteiger partial charge in [0.25, 0.3) is 0 Å². The number of nitrogens with zero attached hydrogens (tertiary/aromatic N) is 4. The van der Waals surface area contributed by atoms with Crippen molar-refractivity contribution in [2.45, 2.75) is 43.4 Å². The number of benzene rings is 3. The Morgan fingerprint density at radius 2 is 1.56 bits per heavy atom. The molecule has 3 aromatic carbocycles. The van der Waals surface area contributed by atoms with Crippen molar-refractivity contribution in [1.29, 1.82) is 5.26 Å². The van der Waals surface area contributed by atoms with Crippen LogP contribution >= 0.6 is 0 Å². The van der Waals surface area contributed by atoms with Crippen LogP contribution in [0.4, 0.5) is 0 Å². The smallest absolute Gasteiger partial charge is 0.240 e. The normalized spacial score (nSPS) is 12.4. The molecule has 0 amide bonds. The number of aromatic nitrogens is 2. The number of para-hydroxylation sites is 1. The summed E-state index contributed by atoms with van der Waals surface area (Å²) in [6.07, 6.45) is 4.29. The molecule has 0 saturated carbocycles. The van der Waals surface area contributed by atoms with Gasteiger partial charge >= 0.3 is 0 Å². The summed E-state index contributed by atoms with van der Waals surface area (Å²) in [6, 6.07) is 23.8. The minimum atomic E-state index is -4.12. The van der Waals surface area contributed by atoms with Crippen LogP contribution in [-0.2, 0) is 19.9 Å². The lowest BCUT2D eigenvalue weighted by Gasteiger charge is -2.21. The first-order valence-electron chi connectivity index (χ1n) is 13.3. The Bertz CT molecular complexity index is 1800. The Morgan fingerprint density at radius 3 is 2.17 bits per heavy atom. The number of hydrogen-bond donors (Lipinski definition) is 0. The lowest BCUT2D eigenvalue weighted by Crippen LogP contribution is -2.32. The molecular formula is C31H32N4O4S2. The zero-order valence-corrected chi connectivity index (χ0v) is 24.9. The topological polar surface area (TPSA) is 113 Å². The highest BCUT2D eigenvalue weighted by molar-refractivity contribution is 7.95. The van der Waals surface area contributed by atoms with Gasteiger partial charge < -0.3 is 0 Å². The number of nitriles is 1. The number of rotatable bonds is 11. The first-order valence-corrected chi connectivity index (χ1v) is 16.2. The van der Waals surface area contributed by atoms with Crippen LogP contribution < -0.4 is 0 Å². The van der Waals surface area contributed by atoms with Crippen LogP contribution in [0, 0.1) is 18.3 Å². The van der Waals surface area contributed by atoms with Gasteiger partial charge in [-0.3, -0.25) is 0 Å². The highest BCUT2D eigenvalue weighted by atomic mass is 32.2. The molecule has 0 bridgehead atoms. The Kier molecular flexibility index (Phi) is 9.23.